The van der Waals surface area contributed by atoms with Crippen molar-refractivity contribution >= 4 is 79.0 Å². The molecule has 2 aliphatic heterocycles. The molecular weight excluding hydrogens is 1570 g/mol. The first-order chi connectivity index (χ1) is 69.7. The average molecular weight is 1740 g/mol. The summed E-state index contributed by atoms with van der Waals surface area (Å²) in [6.07, 6.45) is 0. The smallest absolute Gasteiger partial charge is 0.252 e. The second kappa shape index (κ2) is 31.5. The lowest BCUT2D eigenvalue weighted by Crippen LogP contribution is -2.61. The zero-order valence-electron chi connectivity index (χ0n) is 107. The molecule has 0 radical (unpaired) electrons. The Labute approximate surface area is 816 Å². The predicted molar refractivity (Wildman–Crippen MR) is 572 cm³/mol. The highest BCUT2D eigenvalue weighted by molar-refractivity contribution is 7.00. The van der Waals surface area contributed by atoms with Crippen LogP contribution in [-0.4, -0.2) is 11.3 Å². The first-order valence-electron chi connectivity index (χ1n) is 58.0. The Morgan fingerprint density at radius 3 is 0.869 bits per heavy atom. The summed E-state index contributed by atoms with van der Waals surface area (Å²) >= 11 is 0. The van der Waals surface area contributed by atoms with Gasteiger partial charge in [-0.05, 0) is 271 Å². The monoisotopic (exact) mass is 1740 g/mol. The van der Waals surface area contributed by atoms with Gasteiger partial charge in [0.2, 0.25) is 0 Å². The Morgan fingerprint density at radius 1 is 0.215 bits per heavy atom. The maximum atomic E-state index is 11.9. The minimum absolute atomic E-state index is 0.0154. The van der Waals surface area contributed by atoms with E-state index in [1.54, 1.807) is 85.4 Å². The summed E-state index contributed by atoms with van der Waals surface area (Å²) in [5.41, 5.74) is -4.44. The van der Waals surface area contributed by atoms with Gasteiger partial charge in [0.05, 0.1) is 53.9 Å². The molecule has 13 aromatic carbocycles. The number of nitrogens with zero attached hydrogens (tertiary/aromatic N) is 3. The van der Waals surface area contributed by atoms with Crippen molar-refractivity contribution in [2.24, 2.45) is 0 Å². The van der Waals surface area contributed by atoms with Gasteiger partial charge in [-0.1, -0.05) is 413 Å². The molecule has 0 unspecified atom stereocenters. The van der Waals surface area contributed by atoms with E-state index in [0.29, 0.717) is 33.2 Å². The van der Waals surface area contributed by atoms with Gasteiger partial charge in [-0.15, -0.1) is 0 Å². The van der Waals surface area contributed by atoms with Crippen LogP contribution < -0.4 is 26.2 Å². The van der Waals surface area contributed by atoms with Gasteiger partial charge in [0, 0.05) is 61.5 Å². The third-order valence-electron chi connectivity index (χ3n) is 25.7. The summed E-state index contributed by atoms with van der Waals surface area (Å²) in [4.78, 5) is 3.68. The van der Waals surface area contributed by atoms with Gasteiger partial charge in [0.15, 0.2) is 0 Å². The highest BCUT2D eigenvalue weighted by Crippen LogP contribution is 2.58. The molecular formula is C126H148BN3. The number of hydrogen-bond acceptors (Lipinski definition) is 2. The van der Waals surface area contributed by atoms with Crippen molar-refractivity contribution in [3.05, 3.63) is 309 Å². The standard InChI is InChI=1S/C126H148BN3/c1-115(2,3)85-47-42-78(43-48-85)98-72-95(125(31,32)33)74-100(83-60-91(121(19,20)21)68-92(61-83)122(22,23)24)113(98)129-108-64-80(77-40-38-37-39-41-77)46-54-104(108)127-105-55-53-97(128-106-56-51-87(117(7,8)9)70-102(106)103-71-88(118(10,11)12)52-57-107(103)128)76-109(105)130(111-66-82(65-110(129)112(111)127)81-58-89(119(13,14)15)67-90(59-81)120(16,17)18)114-99(79-44-49-86(50-45-79)116(4,5)6)73-96(126(34,35)36)75-101(114)84-62-93(123(25,26)27)69-94(63-84)124(28,29)30/h37-76H,1-36H3/i37D,38D,39D,40D,41D,42D,43D,44D,45D,47D,48D,49D,50D,60D,61D,62D,63D,68D,69D,72D,73D,74D,75D. The molecule has 0 aliphatic carbocycles. The van der Waals surface area contributed by atoms with E-state index in [2.05, 4.69) is 142 Å². The van der Waals surface area contributed by atoms with E-state index in [1.807, 2.05) is 139 Å². The van der Waals surface area contributed by atoms with Crippen LogP contribution >= 0.6 is 0 Å². The number of fused-ring (bicyclic) bond motifs is 7. The van der Waals surface area contributed by atoms with E-state index in [0.717, 1.165) is 44.1 Å². The van der Waals surface area contributed by atoms with Crippen molar-refractivity contribution in [2.45, 2.75) is 314 Å². The molecule has 0 spiro atoms. The van der Waals surface area contributed by atoms with Crippen LogP contribution in [0.15, 0.2) is 242 Å². The maximum Gasteiger partial charge on any atom is 0.252 e. The molecule has 0 bridgehead atoms. The lowest BCUT2D eigenvalue weighted by atomic mass is 9.33. The van der Waals surface area contributed by atoms with Crippen LogP contribution in [0.1, 0.15) is 348 Å². The number of hydrogen-bond donors (Lipinski definition) is 0. The molecule has 3 nitrogen and oxygen atoms in total. The van der Waals surface area contributed by atoms with Crippen LogP contribution in [0.4, 0.5) is 34.1 Å². The Morgan fingerprint density at radius 2 is 0.523 bits per heavy atom. The quantitative estimate of drug-likeness (QED) is 0.133. The van der Waals surface area contributed by atoms with Crippen LogP contribution in [0.2, 0.25) is 0 Å². The van der Waals surface area contributed by atoms with Crippen molar-refractivity contribution in [1.29, 1.82) is 0 Å². The fraction of sp³-hybridized carbons (Fsp3) is 0.381. The SMILES string of the molecule is [2H]c1c([2H])c([2H])c(-c2ccc3c(c2)N(c2c(-c4c([2H])c([2H])c(C(C)(C)C)c([2H])c4[2H])c([2H])c(C(C)(C)C)c([2H])c2-c2c([2H])c(C(C)(C)C)c([2H])c(C(C)(C)C)c2[2H])c2cc(-c4cc(C(C)(C)C)cc(C(C)(C)C)c4)cc4c2B3c2ccc(-n3c5ccc(C(C)(C)C)cc5c5cc(C(C)(C)C)ccc53)cc2N4c2c(-c3c([2H])c([2H])c(C(C)(C)C)c([2H])c3[2H])c([2H])c(C(C)(C)C)c([2H])c2-c2c([2H])c(C(C)(C)C)c([2H])c(C(C)(C)C)c2[2H])c([2H])c1[2H]. The average Bonchev–Trinajstić information content (AvgIpc) is 0.942. The molecule has 0 amide bonds. The lowest BCUT2D eigenvalue weighted by molar-refractivity contribution is 0.568. The van der Waals surface area contributed by atoms with Crippen LogP contribution in [0.3, 0.4) is 0 Å². The Balaban J connectivity index is 1.33. The van der Waals surface area contributed by atoms with E-state index in [-0.39, 0.29) is 182 Å². The summed E-state index contributed by atoms with van der Waals surface area (Å²) < 4.78 is 251. The normalized spacial score (nSPS) is 16.4. The topological polar surface area (TPSA) is 11.4 Å². The summed E-state index contributed by atoms with van der Waals surface area (Å²) in [6, 6.07) is 24.0. The Kier molecular flexibility index (Phi) is 16.4. The fourth-order valence-corrected chi connectivity index (χ4v) is 17.5. The van der Waals surface area contributed by atoms with Crippen LogP contribution in [-0.2, 0) is 65.0 Å². The largest absolute Gasteiger partial charge is 0.310 e. The van der Waals surface area contributed by atoms with Crippen LogP contribution in [0, 0.1) is 0 Å². The zero-order chi connectivity index (χ0) is 115. The molecule has 3 heterocycles. The molecule has 0 N–H and O–H groups in total. The highest BCUT2D eigenvalue weighted by Gasteiger charge is 2.47. The molecule has 0 atom stereocenters. The molecule has 670 valence electrons. The first-order valence-corrected chi connectivity index (χ1v) is 46.5. The molecule has 0 saturated heterocycles. The third kappa shape index (κ3) is 17.5. The van der Waals surface area contributed by atoms with Gasteiger partial charge < -0.3 is 14.4 Å². The molecule has 130 heavy (non-hydrogen) atoms. The van der Waals surface area contributed by atoms with Crippen LogP contribution in [0.25, 0.3) is 94.3 Å². The third-order valence-corrected chi connectivity index (χ3v) is 25.7. The second-order valence-corrected chi connectivity index (χ2v) is 49.1. The lowest BCUT2D eigenvalue weighted by Gasteiger charge is -2.46. The molecule has 4 heteroatoms. The molecule has 14 aromatic rings. The van der Waals surface area contributed by atoms with Crippen molar-refractivity contribution in [2.75, 3.05) is 9.80 Å². The van der Waals surface area contributed by atoms with Gasteiger partial charge >= 0.3 is 0 Å². The van der Waals surface area contributed by atoms with Gasteiger partial charge in [0.25, 0.3) is 6.71 Å². The van der Waals surface area contributed by atoms with Crippen molar-refractivity contribution < 1.29 is 31.5 Å². The van der Waals surface area contributed by atoms with Crippen molar-refractivity contribution in [3.63, 3.8) is 0 Å². The molecule has 1 aromatic heterocycles. The van der Waals surface area contributed by atoms with Crippen LogP contribution in [0.5, 0.6) is 0 Å². The van der Waals surface area contributed by atoms with Crippen molar-refractivity contribution in [3.8, 4) is 72.4 Å². The zero-order valence-corrected chi connectivity index (χ0v) is 84.2. The highest BCUT2D eigenvalue weighted by atomic mass is 15.2. The molecule has 16 rings (SSSR count). The number of anilines is 6. The summed E-state index contributed by atoms with van der Waals surface area (Å²) in [5.74, 6) is 0. The first kappa shape index (κ1) is 67.5. The van der Waals surface area contributed by atoms with E-state index >= 15 is 0 Å². The minimum Gasteiger partial charge on any atom is -0.310 e. The van der Waals surface area contributed by atoms with Gasteiger partial charge in [0.1, 0.15) is 0 Å². The number of benzene rings is 13. The second-order valence-electron chi connectivity index (χ2n) is 49.1. The summed E-state index contributed by atoms with van der Waals surface area (Å²) in [5, 5.41) is 1.84. The van der Waals surface area contributed by atoms with Crippen molar-refractivity contribution in [1.82, 2.24) is 4.57 Å². The predicted octanol–water partition coefficient (Wildman–Crippen LogP) is 34.4. The molecule has 0 fully saturated rings. The maximum absolute atomic E-state index is 11.9. The minimum atomic E-state index is -1.31. The van der Waals surface area contributed by atoms with Gasteiger partial charge in [-0.2, -0.15) is 0 Å². The summed E-state index contributed by atoms with van der Waals surface area (Å²) in [7, 11) is 0. The summed E-state index contributed by atoms with van der Waals surface area (Å²) in [6.45, 7) is 68.7. The van der Waals surface area contributed by atoms with E-state index < -0.39 is 163 Å². The molecule has 2 aliphatic rings. The Bertz CT molecular complexity index is 8020. The van der Waals surface area contributed by atoms with E-state index in [4.69, 9.17) is 1.37 Å². The van der Waals surface area contributed by atoms with Gasteiger partial charge in [-0.25, -0.2) is 0 Å². The van der Waals surface area contributed by atoms with Gasteiger partial charge in [-0.3, -0.25) is 0 Å². The number of aromatic nitrogens is 1. The Hall–Kier alpha value is -10.7. The number of rotatable bonds is 9. The van der Waals surface area contributed by atoms with E-state index in [9.17, 15) is 30.2 Å². The van der Waals surface area contributed by atoms with E-state index in [1.165, 1.54) is 0 Å². The fourth-order valence-electron chi connectivity index (χ4n) is 17.5. The molecule has 0 saturated carbocycles.